The van der Waals surface area contributed by atoms with E-state index in [1.807, 2.05) is 12.1 Å². The Morgan fingerprint density at radius 2 is 1.74 bits per heavy atom. The lowest BCUT2D eigenvalue weighted by molar-refractivity contribution is -0.117. The number of nitrogens with zero attached hydrogens (tertiary/aromatic N) is 1. The summed E-state index contributed by atoms with van der Waals surface area (Å²) in [5.41, 5.74) is 2.75. The number of amides is 1. The Kier molecular flexibility index (Phi) is 5.08. The molecule has 1 atom stereocenters. The third kappa shape index (κ3) is 3.55. The van der Waals surface area contributed by atoms with Gasteiger partial charge in [0, 0.05) is 41.3 Å². The maximum absolute atomic E-state index is 12.8. The van der Waals surface area contributed by atoms with Crippen LogP contribution in [-0.2, 0) is 9.53 Å². The summed E-state index contributed by atoms with van der Waals surface area (Å²) in [6.45, 7) is 3.09. The molecule has 7 heteroatoms. The zero-order chi connectivity index (χ0) is 19.0. The Balaban J connectivity index is 1.52. The fraction of sp³-hybridized carbons (Fsp3) is 0.300. The first kappa shape index (κ1) is 18.3. The van der Waals surface area contributed by atoms with Crippen LogP contribution in [0.2, 0.25) is 10.0 Å². The predicted octanol–water partition coefficient (Wildman–Crippen LogP) is 4.14. The van der Waals surface area contributed by atoms with Gasteiger partial charge in [0.1, 0.15) is 0 Å². The molecule has 1 fully saturated rings. The molecule has 140 valence electrons. The summed E-state index contributed by atoms with van der Waals surface area (Å²) in [4.78, 5) is 27.3. The number of fused-ring (bicyclic) bond motifs is 1. The smallest absolute Gasteiger partial charge is 0.232 e. The molecule has 0 radical (unpaired) electrons. The monoisotopic (exact) mass is 404 g/mol. The lowest BCUT2D eigenvalue weighted by atomic mass is 9.92. The zero-order valence-corrected chi connectivity index (χ0v) is 16.0. The summed E-state index contributed by atoms with van der Waals surface area (Å²) in [5.74, 6) is -0.983. The van der Waals surface area contributed by atoms with Crippen LogP contribution in [0.25, 0.3) is 0 Å². The molecule has 0 bridgehead atoms. The van der Waals surface area contributed by atoms with Crippen molar-refractivity contribution in [3.8, 4) is 0 Å². The molecule has 0 aromatic heterocycles. The second-order valence-electron chi connectivity index (χ2n) is 6.63. The molecular weight excluding hydrogens is 387 g/mol. The van der Waals surface area contributed by atoms with Gasteiger partial charge in [0.25, 0.3) is 0 Å². The van der Waals surface area contributed by atoms with Crippen LogP contribution in [0.3, 0.4) is 0 Å². The number of ether oxygens (including phenoxy) is 1. The predicted molar refractivity (Wildman–Crippen MR) is 106 cm³/mol. The molecular formula is C20H18Cl2N2O3. The zero-order valence-electron chi connectivity index (χ0n) is 14.5. The number of anilines is 2. The number of hydrogen-bond donors (Lipinski definition) is 1. The van der Waals surface area contributed by atoms with Gasteiger partial charge in [0.2, 0.25) is 5.91 Å². The number of carbonyl (C=O) groups is 2. The first-order valence-corrected chi connectivity index (χ1v) is 9.55. The highest BCUT2D eigenvalue weighted by Crippen LogP contribution is 2.43. The van der Waals surface area contributed by atoms with Gasteiger partial charge in [-0.1, -0.05) is 23.2 Å². The van der Waals surface area contributed by atoms with E-state index in [0.29, 0.717) is 40.1 Å². The molecule has 2 aromatic rings. The Morgan fingerprint density at radius 1 is 1.07 bits per heavy atom. The molecule has 2 aliphatic heterocycles. The summed E-state index contributed by atoms with van der Waals surface area (Å²) in [6.07, 6.45) is 0.0514. The molecule has 4 rings (SSSR count). The SMILES string of the molecule is O=C(CC1C(=O)Nc2c(Cl)ccc(Cl)c21)c1ccc(N2CCOCC2)cc1. The normalized spacial score (nSPS) is 19.0. The summed E-state index contributed by atoms with van der Waals surface area (Å²) >= 11 is 12.4. The fourth-order valence-corrected chi connectivity index (χ4v) is 4.06. The molecule has 27 heavy (non-hydrogen) atoms. The van der Waals surface area contributed by atoms with Gasteiger partial charge in [-0.3, -0.25) is 9.59 Å². The number of rotatable bonds is 4. The van der Waals surface area contributed by atoms with Gasteiger partial charge in [-0.05, 0) is 36.4 Å². The maximum atomic E-state index is 12.8. The highest BCUT2D eigenvalue weighted by Gasteiger charge is 2.35. The topological polar surface area (TPSA) is 58.6 Å². The van der Waals surface area contributed by atoms with E-state index in [-0.39, 0.29) is 18.1 Å². The number of morpholine rings is 1. The molecule has 2 aliphatic rings. The van der Waals surface area contributed by atoms with E-state index in [1.54, 1.807) is 24.3 Å². The molecule has 1 saturated heterocycles. The van der Waals surface area contributed by atoms with Gasteiger partial charge < -0.3 is 15.0 Å². The van der Waals surface area contributed by atoms with Crippen LogP contribution in [0.5, 0.6) is 0 Å². The molecule has 1 N–H and O–H groups in total. The minimum absolute atomic E-state index is 0.0514. The van der Waals surface area contributed by atoms with Crippen LogP contribution in [0.15, 0.2) is 36.4 Å². The Morgan fingerprint density at radius 3 is 2.44 bits per heavy atom. The molecule has 2 heterocycles. The number of hydrogen-bond acceptors (Lipinski definition) is 4. The van der Waals surface area contributed by atoms with E-state index in [2.05, 4.69) is 10.2 Å². The van der Waals surface area contributed by atoms with E-state index in [0.717, 1.165) is 18.8 Å². The molecule has 5 nitrogen and oxygen atoms in total. The number of halogens is 2. The summed E-state index contributed by atoms with van der Waals surface area (Å²) in [5, 5.41) is 3.60. The van der Waals surface area contributed by atoms with Gasteiger partial charge in [0.15, 0.2) is 5.78 Å². The van der Waals surface area contributed by atoms with Crippen LogP contribution in [0, 0.1) is 0 Å². The van der Waals surface area contributed by atoms with E-state index >= 15 is 0 Å². The minimum Gasteiger partial charge on any atom is -0.378 e. The second-order valence-corrected chi connectivity index (χ2v) is 7.45. The quantitative estimate of drug-likeness (QED) is 0.777. The fourth-order valence-electron chi connectivity index (χ4n) is 3.55. The lowest BCUT2D eigenvalue weighted by Crippen LogP contribution is -2.36. The summed E-state index contributed by atoms with van der Waals surface area (Å²) < 4.78 is 5.36. The van der Waals surface area contributed by atoms with Gasteiger partial charge in [-0.25, -0.2) is 0 Å². The average molecular weight is 405 g/mol. The van der Waals surface area contributed by atoms with Crippen LogP contribution < -0.4 is 10.2 Å². The van der Waals surface area contributed by atoms with Crippen molar-refractivity contribution in [1.29, 1.82) is 0 Å². The van der Waals surface area contributed by atoms with Gasteiger partial charge in [-0.15, -0.1) is 0 Å². The Bertz CT molecular complexity index is 893. The highest BCUT2D eigenvalue weighted by molar-refractivity contribution is 6.38. The largest absolute Gasteiger partial charge is 0.378 e. The van der Waals surface area contributed by atoms with Crippen molar-refractivity contribution < 1.29 is 14.3 Å². The first-order valence-electron chi connectivity index (χ1n) is 8.79. The number of Topliss-reactive ketones (excluding diaryl/α,β-unsaturated/α-hetero) is 1. The maximum Gasteiger partial charge on any atom is 0.232 e. The van der Waals surface area contributed by atoms with Crippen LogP contribution in [0.4, 0.5) is 11.4 Å². The van der Waals surface area contributed by atoms with E-state index in [9.17, 15) is 9.59 Å². The van der Waals surface area contributed by atoms with Crippen molar-refractivity contribution in [3.63, 3.8) is 0 Å². The minimum atomic E-state index is -0.627. The number of benzene rings is 2. The van der Waals surface area contributed by atoms with Crippen molar-refractivity contribution in [2.45, 2.75) is 12.3 Å². The van der Waals surface area contributed by atoms with Crippen molar-refractivity contribution in [3.05, 3.63) is 57.6 Å². The van der Waals surface area contributed by atoms with Gasteiger partial charge in [-0.2, -0.15) is 0 Å². The Hall–Kier alpha value is -2.08. The standard InChI is InChI=1S/C20H18Cl2N2O3/c21-15-5-6-16(22)19-18(15)14(20(26)23-19)11-17(25)12-1-3-13(4-2-12)24-7-9-27-10-8-24/h1-6,14H,7-11H2,(H,23,26). The highest BCUT2D eigenvalue weighted by atomic mass is 35.5. The van der Waals surface area contributed by atoms with E-state index < -0.39 is 5.92 Å². The molecule has 1 amide bonds. The second kappa shape index (κ2) is 7.50. The Labute approximate surface area is 167 Å². The molecule has 2 aromatic carbocycles. The van der Waals surface area contributed by atoms with Crippen molar-refractivity contribution in [2.24, 2.45) is 0 Å². The summed E-state index contributed by atoms with van der Waals surface area (Å²) in [7, 11) is 0. The van der Waals surface area contributed by atoms with Gasteiger partial charge in [0.05, 0.1) is 29.8 Å². The van der Waals surface area contributed by atoms with Crippen LogP contribution >= 0.6 is 23.2 Å². The number of nitrogens with one attached hydrogen (secondary N) is 1. The lowest BCUT2D eigenvalue weighted by Gasteiger charge is -2.28. The number of ketones is 1. The van der Waals surface area contributed by atoms with Crippen molar-refractivity contribution in [2.75, 3.05) is 36.5 Å². The molecule has 0 spiro atoms. The van der Waals surface area contributed by atoms with E-state index in [1.165, 1.54) is 0 Å². The van der Waals surface area contributed by atoms with Crippen LogP contribution in [-0.4, -0.2) is 38.0 Å². The summed E-state index contributed by atoms with van der Waals surface area (Å²) in [6, 6.07) is 10.8. The average Bonchev–Trinajstić information content (AvgIpc) is 3.03. The van der Waals surface area contributed by atoms with E-state index in [4.69, 9.17) is 27.9 Å². The van der Waals surface area contributed by atoms with Crippen molar-refractivity contribution >= 4 is 46.3 Å². The molecule has 1 unspecified atom stereocenters. The third-order valence-electron chi connectivity index (χ3n) is 5.01. The first-order chi connectivity index (χ1) is 13.0. The molecule has 0 aliphatic carbocycles. The third-order valence-corrected chi connectivity index (χ3v) is 5.65. The van der Waals surface area contributed by atoms with Crippen molar-refractivity contribution in [1.82, 2.24) is 0 Å². The van der Waals surface area contributed by atoms with Gasteiger partial charge >= 0.3 is 0 Å². The number of carbonyl (C=O) groups excluding carboxylic acids is 2. The molecule has 0 saturated carbocycles. The van der Waals surface area contributed by atoms with Crippen LogP contribution in [0.1, 0.15) is 28.3 Å².